The van der Waals surface area contributed by atoms with E-state index in [2.05, 4.69) is 10.2 Å². The van der Waals surface area contributed by atoms with E-state index in [9.17, 15) is 14.4 Å². The van der Waals surface area contributed by atoms with Crippen molar-refractivity contribution >= 4 is 22.5 Å². The van der Waals surface area contributed by atoms with Crippen molar-refractivity contribution in [3.63, 3.8) is 0 Å². The van der Waals surface area contributed by atoms with Crippen LogP contribution in [0.4, 0.5) is 0 Å². The van der Waals surface area contributed by atoms with E-state index in [1.165, 1.54) is 0 Å². The Morgan fingerprint density at radius 3 is 2.17 bits per heavy atom. The first kappa shape index (κ1) is 19.3. The van der Waals surface area contributed by atoms with E-state index in [4.69, 9.17) is 4.74 Å². The van der Waals surface area contributed by atoms with Crippen molar-refractivity contribution in [2.24, 2.45) is 0 Å². The van der Waals surface area contributed by atoms with Crippen LogP contribution < -0.4 is 5.56 Å². The molecule has 0 saturated carbocycles. The number of nitrogens with zero attached hydrogens (tertiary/aromatic N) is 1. The predicted octanol–water partition coefficient (Wildman–Crippen LogP) is 3.56. The van der Waals surface area contributed by atoms with Crippen molar-refractivity contribution in [3.05, 3.63) is 100 Å². The Balaban J connectivity index is 1.39. The van der Waals surface area contributed by atoms with E-state index in [-0.39, 0.29) is 24.4 Å². The highest BCUT2D eigenvalue weighted by Gasteiger charge is 2.14. The fraction of sp³-hybridized carbons (Fsp3) is 0.0833. The third-order valence-electron chi connectivity index (χ3n) is 4.77. The molecule has 148 valence electrons. The average Bonchev–Trinajstić information content (AvgIpc) is 2.80. The van der Waals surface area contributed by atoms with Gasteiger partial charge in [0.25, 0.3) is 5.56 Å². The van der Waals surface area contributed by atoms with E-state index in [1.807, 2.05) is 42.5 Å². The second kappa shape index (κ2) is 8.53. The number of carbonyl (C=O) groups is 2. The lowest BCUT2D eigenvalue weighted by Gasteiger charge is -2.07. The van der Waals surface area contributed by atoms with Crippen LogP contribution in [0, 0.1) is 0 Å². The summed E-state index contributed by atoms with van der Waals surface area (Å²) >= 11 is 0. The Morgan fingerprint density at radius 2 is 1.43 bits per heavy atom. The summed E-state index contributed by atoms with van der Waals surface area (Å²) in [5.41, 5.74) is 2.60. The van der Waals surface area contributed by atoms with Gasteiger partial charge >= 0.3 is 5.97 Å². The van der Waals surface area contributed by atoms with Crippen LogP contribution in [0.5, 0.6) is 0 Å². The molecular weight excluding hydrogens is 380 g/mol. The zero-order valence-electron chi connectivity index (χ0n) is 16.0. The average molecular weight is 398 g/mol. The lowest BCUT2D eigenvalue weighted by atomic mass is 10.0. The normalized spacial score (nSPS) is 10.7. The van der Waals surface area contributed by atoms with Crippen molar-refractivity contribution in [3.8, 4) is 11.1 Å². The molecule has 0 aliphatic heterocycles. The third-order valence-corrected chi connectivity index (χ3v) is 4.77. The number of rotatable bonds is 6. The number of ketones is 1. The summed E-state index contributed by atoms with van der Waals surface area (Å²) in [6.07, 6.45) is -0.141. The monoisotopic (exact) mass is 398 g/mol. The molecule has 1 aromatic heterocycles. The Bertz CT molecular complexity index is 1260. The second-order valence-corrected chi connectivity index (χ2v) is 6.75. The number of H-pyrrole nitrogens is 1. The van der Waals surface area contributed by atoms with Gasteiger partial charge in [0.15, 0.2) is 12.4 Å². The number of benzene rings is 3. The second-order valence-electron chi connectivity index (χ2n) is 6.75. The number of hydrogen-bond acceptors (Lipinski definition) is 5. The van der Waals surface area contributed by atoms with Crippen molar-refractivity contribution < 1.29 is 14.3 Å². The first-order valence-electron chi connectivity index (χ1n) is 9.42. The SMILES string of the molecule is O=C(Cc1n[nH]c(=O)c2ccccc12)OCC(=O)c1ccc(-c2ccccc2)cc1. The van der Waals surface area contributed by atoms with Crippen LogP contribution in [0.15, 0.2) is 83.7 Å². The summed E-state index contributed by atoms with van der Waals surface area (Å²) in [7, 11) is 0. The molecule has 0 unspecified atom stereocenters. The highest BCUT2D eigenvalue weighted by molar-refractivity contribution is 5.98. The standard InChI is InChI=1S/C24H18N2O4/c27-22(18-12-10-17(11-13-18)16-6-2-1-3-7-16)15-30-23(28)14-21-19-8-4-5-9-20(19)24(29)26-25-21/h1-13H,14-15H2,(H,26,29). The first-order chi connectivity index (χ1) is 14.6. The van der Waals surface area contributed by atoms with Gasteiger partial charge in [0.05, 0.1) is 17.5 Å². The molecule has 0 fully saturated rings. The molecule has 0 aliphatic carbocycles. The van der Waals surface area contributed by atoms with Gasteiger partial charge in [-0.15, -0.1) is 0 Å². The van der Waals surface area contributed by atoms with Gasteiger partial charge < -0.3 is 4.74 Å². The Labute approximate surface area is 172 Å². The molecule has 0 aliphatic rings. The van der Waals surface area contributed by atoms with E-state index >= 15 is 0 Å². The fourth-order valence-electron chi connectivity index (χ4n) is 3.20. The van der Waals surface area contributed by atoms with Crippen LogP contribution in [0.2, 0.25) is 0 Å². The maximum atomic E-state index is 12.4. The Hall–Kier alpha value is -4.06. The molecule has 4 aromatic rings. The molecule has 1 heterocycles. The summed E-state index contributed by atoms with van der Waals surface area (Å²) < 4.78 is 5.14. The zero-order valence-corrected chi connectivity index (χ0v) is 16.0. The van der Waals surface area contributed by atoms with Crippen LogP contribution in [0.3, 0.4) is 0 Å². The predicted molar refractivity (Wildman–Crippen MR) is 113 cm³/mol. The maximum Gasteiger partial charge on any atom is 0.312 e. The van der Waals surface area contributed by atoms with Crippen LogP contribution in [-0.2, 0) is 16.0 Å². The molecule has 0 radical (unpaired) electrons. The molecule has 0 spiro atoms. The van der Waals surface area contributed by atoms with Gasteiger partial charge in [0.1, 0.15) is 0 Å². The lowest BCUT2D eigenvalue weighted by molar-refractivity contribution is -0.141. The zero-order chi connectivity index (χ0) is 20.9. The topological polar surface area (TPSA) is 89.1 Å². The minimum Gasteiger partial charge on any atom is -0.457 e. The van der Waals surface area contributed by atoms with Gasteiger partial charge in [-0.2, -0.15) is 5.10 Å². The number of aromatic amines is 1. The number of esters is 1. The molecule has 6 heteroatoms. The first-order valence-corrected chi connectivity index (χ1v) is 9.42. The highest BCUT2D eigenvalue weighted by Crippen LogP contribution is 2.19. The highest BCUT2D eigenvalue weighted by atomic mass is 16.5. The number of nitrogens with one attached hydrogen (secondary N) is 1. The van der Waals surface area contributed by atoms with E-state index in [0.29, 0.717) is 22.0 Å². The fourth-order valence-corrected chi connectivity index (χ4v) is 3.20. The van der Waals surface area contributed by atoms with Gasteiger partial charge in [-0.3, -0.25) is 14.4 Å². The van der Waals surface area contributed by atoms with Crippen LogP contribution >= 0.6 is 0 Å². The lowest BCUT2D eigenvalue weighted by Crippen LogP contribution is -2.18. The minimum atomic E-state index is -0.589. The number of ether oxygens (including phenoxy) is 1. The van der Waals surface area contributed by atoms with Crippen molar-refractivity contribution in [2.75, 3.05) is 6.61 Å². The van der Waals surface area contributed by atoms with Crippen LogP contribution in [-0.4, -0.2) is 28.6 Å². The van der Waals surface area contributed by atoms with Crippen molar-refractivity contribution in [1.82, 2.24) is 10.2 Å². The summed E-state index contributed by atoms with van der Waals surface area (Å²) in [4.78, 5) is 36.4. The van der Waals surface area contributed by atoms with Gasteiger partial charge in [-0.25, -0.2) is 5.10 Å². The van der Waals surface area contributed by atoms with Crippen molar-refractivity contribution in [2.45, 2.75) is 6.42 Å². The van der Waals surface area contributed by atoms with Gasteiger partial charge in [0.2, 0.25) is 0 Å². The molecule has 30 heavy (non-hydrogen) atoms. The molecule has 0 amide bonds. The largest absolute Gasteiger partial charge is 0.457 e. The molecule has 4 rings (SSSR count). The molecule has 3 aromatic carbocycles. The quantitative estimate of drug-likeness (QED) is 0.396. The number of aromatic nitrogens is 2. The Morgan fingerprint density at radius 1 is 0.800 bits per heavy atom. The summed E-state index contributed by atoms with van der Waals surface area (Å²) in [5.74, 6) is -0.879. The number of fused-ring (bicyclic) bond motifs is 1. The maximum absolute atomic E-state index is 12.4. The molecule has 6 nitrogen and oxygen atoms in total. The van der Waals surface area contributed by atoms with Gasteiger partial charge in [-0.05, 0) is 17.2 Å². The van der Waals surface area contributed by atoms with Crippen LogP contribution in [0.1, 0.15) is 16.1 Å². The number of carbonyl (C=O) groups excluding carboxylic acids is 2. The number of hydrogen-bond donors (Lipinski definition) is 1. The van der Waals surface area contributed by atoms with Crippen LogP contribution in [0.25, 0.3) is 21.9 Å². The molecule has 0 saturated heterocycles. The minimum absolute atomic E-state index is 0.141. The van der Waals surface area contributed by atoms with Gasteiger partial charge in [0, 0.05) is 10.9 Å². The number of Topliss-reactive ketones (excluding diaryl/α,β-unsaturated/α-hetero) is 1. The van der Waals surface area contributed by atoms with E-state index in [0.717, 1.165) is 11.1 Å². The smallest absolute Gasteiger partial charge is 0.312 e. The Kier molecular flexibility index (Phi) is 5.48. The van der Waals surface area contributed by atoms with E-state index in [1.54, 1.807) is 36.4 Å². The molecule has 1 N–H and O–H groups in total. The summed E-state index contributed by atoms with van der Waals surface area (Å²) in [5, 5.41) is 7.36. The van der Waals surface area contributed by atoms with Gasteiger partial charge in [-0.1, -0.05) is 72.8 Å². The molecule has 0 atom stereocenters. The van der Waals surface area contributed by atoms with E-state index < -0.39 is 5.97 Å². The summed E-state index contributed by atoms with van der Waals surface area (Å²) in [6, 6.07) is 23.9. The molecular formula is C24H18N2O4. The summed E-state index contributed by atoms with van der Waals surface area (Å²) in [6.45, 7) is -0.356. The van der Waals surface area contributed by atoms with Crippen molar-refractivity contribution in [1.29, 1.82) is 0 Å². The molecule has 0 bridgehead atoms. The third kappa shape index (κ3) is 4.17.